The molecule has 1 heterocycles. The minimum absolute atomic E-state index is 0.481. The van der Waals surface area contributed by atoms with Gasteiger partial charge in [-0.25, -0.2) is 4.98 Å². The first-order valence-corrected chi connectivity index (χ1v) is 5.76. The second kappa shape index (κ2) is 7.65. The maximum atomic E-state index is 10.7. The molecule has 0 aliphatic heterocycles. The zero-order valence-electron chi connectivity index (χ0n) is 11.0. The fourth-order valence-electron chi connectivity index (χ4n) is 1.57. The van der Waals surface area contributed by atoms with Crippen LogP contribution >= 0.6 is 0 Å². The summed E-state index contributed by atoms with van der Waals surface area (Å²) in [6, 6.07) is 8.62. The van der Waals surface area contributed by atoms with E-state index in [1.165, 1.54) is 0 Å². The summed E-state index contributed by atoms with van der Waals surface area (Å²) in [5, 5.41) is 17.4. The van der Waals surface area contributed by atoms with Crippen LogP contribution < -0.4 is 11.1 Å². The van der Waals surface area contributed by atoms with Crippen molar-refractivity contribution in [3.05, 3.63) is 47.7 Å². The lowest BCUT2D eigenvalue weighted by molar-refractivity contribution is 0.112. The summed E-state index contributed by atoms with van der Waals surface area (Å²) >= 11 is 0. The number of nitrogen functional groups attached to an aromatic ring is 1. The number of hydrogen-bond acceptors (Lipinski definition) is 6. The second-order valence-corrected chi connectivity index (χ2v) is 3.68. The average molecular weight is 272 g/mol. The van der Waals surface area contributed by atoms with Crippen molar-refractivity contribution in [2.45, 2.75) is 0 Å². The van der Waals surface area contributed by atoms with Crippen molar-refractivity contribution in [1.82, 2.24) is 4.98 Å². The molecule has 0 saturated heterocycles. The number of aliphatic hydroxyl groups excluding tert-OH is 1. The lowest BCUT2D eigenvalue weighted by Crippen LogP contribution is -2.02. The smallest absolute Gasteiger partial charge is 0.150 e. The number of nitrogens with two attached hydrogens (primary N) is 1. The Kier molecular flexibility index (Phi) is 5.86. The van der Waals surface area contributed by atoms with Crippen LogP contribution in [0.3, 0.4) is 0 Å². The number of nitrogens with zero attached hydrogens (tertiary/aromatic N) is 1. The summed E-state index contributed by atoms with van der Waals surface area (Å²) in [5.74, 6) is 0.494. The Labute approximate surface area is 116 Å². The van der Waals surface area contributed by atoms with Crippen molar-refractivity contribution in [1.29, 1.82) is 5.41 Å². The number of nitrogens with one attached hydrogen (secondary N) is 2. The molecule has 0 fully saturated rings. The standard InChI is InChI=1S/C13H12N4O.CH4O/c14-7-11-12(15)4-5-16-13(11)17-10-3-1-2-9(6-10)8-18;1-2/h1-8,14H,(H3,15,16,17);2H,1H3. The predicted octanol–water partition coefficient (Wildman–Crippen LogP) is 1.83. The highest BCUT2D eigenvalue weighted by atomic mass is 16.2. The van der Waals surface area contributed by atoms with Gasteiger partial charge in [0.1, 0.15) is 12.1 Å². The van der Waals surface area contributed by atoms with Crippen LogP contribution in [0.4, 0.5) is 17.2 Å². The fraction of sp³-hybridized carbons (Fsp3) is 0.0714. The van der Waals surface area contributed by atoms with Crippen molar-refractivity contribution in [3.8, 4) is 0 Å². The molecule has 0 aliphatic carbocycles. The van der Waals surface area contributed by atoms with E-state index in [9.17, 15) is 4.79 Å². The Hall–Kier alpha value is -2.73. The third-order valence-corrected chi connectivity index (χ3v) is 2.45. The number of aliphatic hydroxyl groups is 1. The van der Waals surface area contributed by atoms with Gasteiger partial charge >= 0.3 is 0 Å². The van der Waals surface area contributed by atoms with E-state index >= 15 is 0 Å². The topological polar surface area (TPSA) is 112 Å². The van der Waals surface area contributed by atoms with Crippen LogP contribution in [0, 0.1) is 5.41 Å². The van der Waals surface area contributed by atoms with E-state index in [0.29, 0.717) is 22.6 Å². The molecule has 1 aromatic heterocycles. The molecule has 0 bridgehead atoms. The van der Waals surface area contributed by atoms with Crippen LogP contribution in [0.2, 0.25) is 0 Å². The molecule has 2 rings (SSSR count). The van der Waals surface area contributed by atoms with Crippen LogP contribution in [0.25, 0.3) is 0 Å². The van der Waals surface area contributed by atoms with Crippen LogP contribution in [0.1, 0.15) is 15.9 Å². The molecule has 0 unspecified atom stereocenters. The maximum absolute atomic E-state index is 10.7. The molecule has 0 atom stereocenters. The number of carbonyl (C=O) groups excluding carboxylic acids is 1. The van der Waals surface area contributed by atoms with Crippen LogP contribution in [0.5, 0.6) is 0 Å². The average Bonchev–Trinajstić information content (AvgIpc) is 2.50. The molecular weight excluding hydrogens is 256 g/mol. The summed E-state index contributed by atoms with van der Waals surface area (Å²) < 4.78 is 0. The summed E-state index contributed by atoms with van der Waals surface area (Å²) in [6.07, 6.45) is 3.48. The van der Waals surface area contributed by atoms with Crippen molar-refractivity contribution < 1.29 is 9.90 Å². The summed E-state index contributed by atoms with van der Waals surface area (Å²) in [6.45, 7) is 0. The van der Waals surface area contributed by atoms with E-state index in [1.807, 2.05) is 6.07 Å². The molecule has 20 heavy (non-hydrogen) atoms. The van der Waals surface area contributed by atoms with Crippen molar-refractivity contribution in [3.63, 3.8) is 0 Å². The number of aromatic nitrogens is 1. The molecule has 5 N–H and O–H groups in total. The lowest BCUT2D eigenvalue weighted by Gasteiger charge is -2.10. The zero-order valence-corrected chi connectivity index (χ0v) is 11.0. The molecule has 6 heteroatoms. The van der Waals surface area contributed by atoms with E-state index in [-0.39, 0.29) is 0 Å². The largest absolute Gasteiger partial charge is 0.400 e. The van der Waals surface area contributed by atoms with E-state index in [2.05, 4.69) is 10.3 Å². The molecule has 104 valence electrons. The Morgan fingerprint density at radius 2 is 2.10 bits per heavy atom. The Bertz CT molecular complexity index is 599. The molecule has 0 radical (unpaired) electrons. The van der Waals surface area contributed by atoms with Gasteiger partial charge in [-0.3, -0.25) is 4.79 Å². The summed E-state index contributed by atoms with van der Waals surface area (Å²) in [4.78, 5) is 14.8. The lowest BCUT2D eigenvalue weighted by atomic mass is 10.2. The van der Waals surface area contributed by atoms with E-state index in [4.69, 9.17) is 16.2 Å². The third kappa shape index (κ3) is 3.63. The van der Waals surface area contributed by atoms with E-state index in [0.717, 1.165) is 25.3 Å². The van der Waals surface area contributed by atoms with Gasteiger partial charge < -0.3 is 21.6 Å². The first-order chi connectivity index (χ1) is 9.74. The summed E-state index contributed by atoms with van der Waals surface area (Å²) in [7, 11) is 1.00. The quantitative estimate of drug-likeness (QED) is 0.501. The Balaban J connectivity index is 0.000000956. The van der Waals surface area contributed by atoms with Crippen molar-refractivity contribution >= 4 is 29.7 Å². The normalized spacial score (nSPS) is 9.10. The SMILES string of the molecule is CO.N=Cc1c(N)ccnc1Nc1cccc(C=O)c1. The third-order valence-electron chi connectivity index (χ3n) is 2.45. The highest BCUT2D eigenvalue weighted by Crippen LogP contribution is 2.21. The van der Waals surface area contributed by atoms with Gasteiger partial charge in [0.05, 0.1) is 5.56 Å². The van der Waals surface area contributed by atoms with Gasteiger partial charge in [-0.1, -0.05) is 12.1 Å². The number of rotatable bonds is 4. The minimum Gasteiger partial charge on any atom is -0.400 e. The van der Waals surface area contributed by atoms with E-state index in [1.54, 1.807) is 30.5 Å². The van der Waals surface area contributed by atoms with Gasteiger partial charge in [-0.15, -0.1) is 0 Å². The number of hydrogen-bond donors (Lipinski definition) is 4. The van der Waals surface area contributed by atoms with Crippen LogP contribution in [-0.4, -0.2) is 29.7 Å². The second-order valence-electron chi connectivity index (χ2n) is 3.68. The van der Waals surface area contributed by atoms with Crippen LogP contribution in [-0.2, 0) is 0 Å². The molecule has 6 nitrogen and oxygen atoms in total. The predicted molar refractivity (Wildman–Crippen MR) is 79.8 cm³/mol. The van der Waals surface area contributed by atoms with Gasteiger partial charge in [0.25, 0.3) is 0 Å². The molecule has 1 aromatic carbocycles. The van der Waals surface area contributed by atoms with Crippen molar-refractivity contribution in [2.24, 2.45) is 0 Å². The molecule has 0 aliphatic rings. The number of carbonyl (C=O) groups is 1. The monoisotopic (exact) mass is 272 g/mol. The molecule has 0 spiro atoms. The highest BCUT2D eigenvalue weighted by molar-refractivity contribution is 5.92. The van der Waals surface area contributed by atoms with Crippen LogP contribution in [0.15, 0.2) is 36.5 Å². The number of pyridine rings is 1. The van der Waals surface area contributed by atoms with E-state index < -0.39 is 0 Å². The number of aldehydes is 1. The fourth-order valence-corrected chi connectivity index (χ4v) is 1.57. The molecule has 2 aromatic rings. The first kappa shape index (κ1) is 15.3. The minimum atomic E-state index is 0.481. The number of anilines is 3. The maximum Gasteiger partial charge on any atom is 0.150 e. The zero-order chi connectivity index (χ0) is 15.0. The highest BCUT2D eigenvalue weighted by Gasteiger charge is 2.05. The molecule has 0 saturated carbocycles. The van der Waals surface area contributed by atoms with Gasteiger partial charge in [0, 0.05) is 36.5 Å². The number of benzene rings is 1. The van der Waals surface area contributed by atoms with Gasteiger partial charge in [-0.05, 0) is 18.2 Å². The molecular formula is C14H16N4O2. The molecule has 0 amide bonds. The summed E-state index contributed by atoms with van der Waals surface area (Å²) in [5.41, 5.74) is 8.05. The van der Waals surface area contributed by atoms with Gasteiger partial charge in [0.2, 0.25) is 0 Å². The van der Waals surface area contributed by atoms with Gasteiger partial charge in [-0.2, -0.15) is 0 Å². The van der Waals surface area contributed by atoms with Gasteiger partial charge in [0.15, 0.2) is 0 Å². The first-order valence-electron chi connectivity index (χ1n) is 5.76. The Morgan fingerprint density at radius 1 is 1.35 bits per heavy atom. The Morgan fingerprint density at radius 3 is 2.75 bits per heavy atom. The van der Waals surface area contributed by atoms with Crippen molar-refractivity contribution in [2.75, 3.05) is 18.2 Å².